The maximum atomic E-state index is 12.8. The number of carbonyl (C=O) groups excluding carboxylic acids is 1. The van der Waals surface area contributed by atoms with Crippen LogP contribution in [0.15, 0.2) is 30.3 Å². The number of pyridine rings is 1. The molecule has 1 unspecified atom stereocenters. The standard InChI is InChI=1S/C22H28N4O4/c1-6-15(7-2)26-13(3)21(27)25(4)17-10-11-19(24-20(17)26)23-16-9-8-14(22(28)29)12-18(16)30-5/h8-13,15H,6-7H2,1-5H3,(H,23,24)(H,28,29). The van der Waals surface area contributed by atoms with E-state index in [2.05, 4.69) is 24.1 Å². The van der Waals surface area contributed by atoms with Gasteiger partial charge in [-0.3, -0.25) is 4.79 Å². The lowest BCUT2D eigenvalue weighted by molar-refractivity contribution is -0.119. The number of methoxy groups -OCH3 is 1. The van der Waals surface area contributed by atoms with Crippen LogP contribution < -0.4 is 19.9 Å². The number of anilines is 4. The van der Waals surface area contributed by atoms with Crippen LogP contribution in [0, 0.1) is 0 Å². The summed E-state index contributed by atoms with van der Waals surface area (Å²) in [5, 5.41) is 12.4. The van der Waals surface area contributed by atoms with E-state index >= 15 is 0 Å². The Hall–Kier alpha value is -3.29. The highest BCUT2D eigenvalue weighted by atomic mass is 16.5. The second-order valence-corrected chi connectivity index (χ2v) is 7.34. The molecular weight excluding hydrogens is 384 g/mol. The number of aromatic nitrogens is 1. The zero-order valence-electron chi connectivity index (χ0n) is 18.0. The van der Waals surface area contributed by atoms with Gasteiger partial charge in [0.25, 0.3) is 0 Å². The normalized spacial score (nSPS) is 15.9. The number of fused-ring (bicyclic) bond motifs is 1. The Bertz CT molecular complexity index is 958. The van der Waals surface area contributed by atoms with Crippen LogP contribution in [-0.4, -0.2) is 48.2 Å². The molecule has 0 spiro atoms. The second kappa shape index (κ2) is 8.61. The van der Waals surface area contributed by atoms with E-state index in [-0.39, 0.29) is 23.6 Å². The number of aromatic carboxylic acids is 1. The lowest BCUT2D eigenvalue weighted by atomic mass is 10.0. The molecule has 0 saturated carbocycles. The zero-order chi connectivity index (χ0) is 22.0. The van der Waals surface area contributed by atoms with Gasteiger partial charge in [0, 0.05) is 13.1 Å². The number of amides is 1. The third-order valence-corrected chi connectivity index (χ3v) is 5.61. The first-order valence-corrected chi connectivity index (χ1v) is 10.1. The molecule has 1 atom stereocenters. The van der Waals surface area contributed by atoms with Gasteiger partial charge >= 0.3 is 5.97 Å². The Kier molecular flexibility index (Phi) is 6.14. The average Bonchev–Trinajstić information content (AvgIpc) is 2.75. The summed E-state index contributed by atoms with van der Waals surface area (Å²) in [6.45, 7) is 6.14. The summed E-state index contributed by atoms with van der Waals surface area (Å²) >= 11 is 0. The molecule has 2 aromatic rings. The van der Waals surface area contributed by atoms with Crippen LogP contribution in [-0.2, 0) is 4.79 Å². The van der Waals surface area contributed by atoms with Gasteiger partial charge in [0.2, 0.25) is 5.91 Å². The number of benzene rings is 1. The summed E-state index contributed by atoms with van der Waals surface area (Å²) < 4.78 is 5.35. The van der Waals surface area contributed by atoms with Crippen LogP contribution in [0.5, 0.6) is 5.75 Å². The third-order valence-electron chi connectivity index (χ3n) is 5.61. The third kappa shape index (κ3) is 3.77. The number of hydrogen-bond donors (Lipinski definition) is 2. The number of rotatable bonds is 7. The van der Waals surface area contributed by atoms with Crippen molar-refractivity contribution in [3.8, 4) is 5.75 Å². The Balaban J connectivity index is 2.02. The number of nitrogens with zero attached hydrogens (tertiary/aromatic N) is 3. The van der Waals surface area contributed by atoms with Crippen molar-refractivity contribution < 1.29 is 19.4 Å². The van der Waals surface area contributed by atoms with Gasteiger partial charge in [-0.15, -0.1) is 0 Å². The SMILES string of the molecule is CCC(CC)N1c2nc(Nc3ccc(C(=O)O)cc3OC)ccc2N(C)C(=O)C1C. The van der Waals surface area contributed by atoms with E-state index in [4.69, 9.17) is 9.72 Å². The topological polar surface area (TPSA) is 95.0 Å². The van der Waals surface area contributed by atoms with Crippen LogP contribution in [0.2, 0.25) is 0 Å². The summed E-state index contributed by atoms with van der Waals surface area (Å²) in [7, 11) is 3.26. The molecule has 2 heterocycles. The van der Waals surface area contributed by atoms with Crippen molar-refractivity contribution >= 4 is 34.9 Å². The predicted octanol–water partition coefficient (Wildman–Crippen LogP) is 3.89. The lowest BCUT2D eigenvalue weighted by Crippen LogP contribution is -2.54. The molecular formula is C22H28N4O4. The van der Waals surface area contributed by atoms with Crippen LogP contribution >= 0.6 is 0 Å². The van der Waals surface area contributed by atoms with Crippen LogP contribution in [0.25, 0.3) is 0 Å². The molecule has 8 nitrogen and oxygen atoms in total. The van der Waals surface area contributed by atoms with E-state index in [1.165, 1.54) is 19.2 Å². The highest BCUT2D eigenvalue weighted by molar-refractivity contribution is 6.04. The summed E-state index contributed by atoms with van der Waals surface area (Å²) in [6, 6.07) is 8.20. The number of nitrogens with one attached hydrogen (secondary N) is 1. The number of carbonyl (C=O) groups is 2. The van der Waals surface area contributed by atoms with Gasteiger partial charge in [-0.05, 0) is 50.1 Å². The van der Waals surface area contributed by atoms with Crippen molar-refractivity contribution in [3.63, 3.8) is 0 Å². The van der Waals surface area contributed by atoms with Crippen LogP contribution in [0.1, 0.15) is 44.0 Å². The predicted molar refractivity (Wildman–Crippen MR) is 117 cm³/mol. The molecule has 8 heteroatoms. The molecule has 3 rings (SSSR count). The molecule has 30 heavy (non-hydrogen) atoms. The fourth-order valence-corrected chi connectivity index (χ4v) is 3.90. The van der Waals surface area contributed by atoms with Crippen molar-refractivity contribution in [1.29, 1.82) is 0 Å². The van der Waals surface area contributed by atoms with E-state index in [0.717, 1.165) is 24.3 Å². The Morgan fingerprint density at radius 3 is 2.57 bits per heavy atom. The smallest absolute Gasteiger partial charge is 0.335 e. The van der Waals surface area contributed by atoms with Gasteiger partial charge in [-0.1, -0.05) is 13.8 Å². The molecule has 1 amide bonds. The molecule has 2 N–H and O–H groups in total. The quantitative estimate of drug-likeness (QED) is 0.712. The lowest BCUT2D eigenvalue weighted by Gasteiger charge is -2.43. The Morgan fingerprint density at radius 2 is 1.97 bits per heavy atom. The van der Waals surface area contributed by atoms with Gasteiger partial charge in [-0.2, -0.15) is 0 Å². The largest absolute Gasteiger partial charge is 0.495 e. The second-order valence-electron chi connectivity index (χ2n) is 7.34. The van der Waals surface area contributed by atoms with Gasteiger partial charge in [0.05, 0.1) is 24.0 Å². The number of carboxylic acid groups (broad SMARTS) is 1. The molecule has 160 valence electrons. The monoisotopic (exact) mass is 412 g/mol. The van der Waals surface area contributed by atoms with E-state index in [9.17, 15) is 14.7 Å². The van der Waals surface area contributed by atoms with Crippen molar-refractivity contribution in [2.45, 2.75) is 45.7 Å². The van der Waals surface area contributed by atoms with Gasteiger partial charge in [0.1, 0.15) is 17.6 Å². The minimum absolute atomic E-state index is 0.0443. The fraction of sp³-hybridized carbons (Fsp3) is 0.409. The first kappa shape index (κ1) is 21.4. The summed E-state index contributed by atoms with van der Waals surface area (Å²) in [5.41, 5.74) is 1.52. The van der Waals surface area contributed by atoms with Crippen LogP contribution in [0.4, 0.5) is 23.0 Å². The first-order valence-electron chi connectivity index (χ1n) is 10.1. The molecule has 0 bridgehead atoms. The van der Waals surface area contributed by atoms with Gasteiger partial charge in [-0.25, -0.2) is 9.78 Å². The Morgan fingerprint density at radius 1 is 1.27 bits per heavy atom. The van der Waals surface area contributed by atoms with Crippen molar-refractivity contribution in [2.75, 3.05) is 29.3 Å². The molecule has 0 fully saturated rings. The summed E-state index contributed by atoms with van der Waals surface area (Å²) in [6.07, 6.45) is 1.81. The highest BCUT2D eigenvalue weighted by Crippen LogP contribution is 2.38. The maximum absolute atomic E-state index is 12.8. The minimum atomic E-state index is -1.02. The molecule has 1 aromatic heterocycles. The highest BCUT2D eigenvalue weighted by Gasteiger charge is 2.37. The average molecular weight is 412 g/mol. The molecule has 0 aliphatic carbocycles. The molecule has 1 aliphatic heterocycles. The molecule has 1 aromatic carbocycles. The summed E-state index contributed by atoms with van der Waals surface area (Å²) in [4.78, 5) is 32.6. The van der Waals surface area contributed by atoms with E-state index < -0.39 is 5.97 Å². The number of hydrogen-bond acceptors (Lipinski definition) is 6. The van der Waals surface area contributed by atoms with E-state index in [1.807, 2.05) is 13.0 Å². The fourth-order valence-electron chi connectivity index (χ4n) is 3.90. The maximum Gasteiger partial charge on any atom is 0.335 e. The first-order chi connectivity index (χ1) is 14.3. The van der Waals surface area contributed by atoms with Crippen molar-refractivity contribution in [3.05, 3.63) is 35.9 Å². The summed E-state index contributed by atoms with van der Waals surface area (Å²) in [5.74, 6) is 0.773. The van der Waals surface area contributed by atoms with E-state index in [0.29, 0.717) is 17.3 Å². The van der Waals surface area contributed by atoms with Crippen molar-refractivity contribution in [1.82, 2.24) is 4.98 Å². The minimum Gasteiger partial charge on any atom is -0.495 e. The van der Waals surface area contributed by atoms with Crippen molar-refractivity contribution in [2.24, 2.45) is 0 Å². The van der Waals surface area contributed by atoms with E-state index in [1.54, 1.807) is 24.1 Å². The van der Waals surface area contributed by atoms with Gasteiger partial charge < -0.3 is 25.0 Å². The zero-order valence-corrected chi connectivity index (χ0v) is 18.0. The number of likely N-dealkylation sites (N-methyl/N-ethyl adjacent to an activating group) is 1. The Labute approximate surface area is 176 Å². The van der Waals surface area contributed by atoms with Gasteiger partial charge in [0.15, 0.2) is 5.82 Å². The molecule has 1 aliphatic rings. The number of carboxylic acids is 1. The number of ether oxygens (including phenoxy) is 1. The molecule has 0 radical (unpaired) electrons. The molecule has 0 saturated heterocycles. The van der Waals surface area contributed by atoms with Crippen LogP contribution in [0.3, 0.4) is 0 Å².